The summed E-state index contributed by atoms with van der Waals surface area (Å²) in [6.07, 6.45) is 5.84. The van der Waals surface area contributed by atoms with Gasteiger partial charge in [0.05, 0.1) is 18.2 Å². The summed E-state index contributed by atoms with van der Waals surface area (Å²) in [6, 6.07) is 5.49. The maximum absolute atomic E-state index is 12.7. The highest BCUT2D eigenvalue weighted by atomic mass is 16.5. The first-order chi connectivity index (χ1) is 12.0. The first-order valence-electron chi connectivity index (χ1n) is 8.79. The minimum absolute atomic E-state index is 0.131. The molecule has 134 valence electrons. The first kappa shape index (κ1) is 17.3. The number of aromatic hydroxyl groups is 1. The van der Waals surface area contributed by atoms with E-state index in [-0.39, 0.29) is 11.8 Å². The quantitative estimate of drug-likeness (QED) is 0.732. The van der Waals surface area contributed by atoms with Crippen LogP contribution < -0.4 is 10.6 Å². The van der Waals surface area contributed by atoms with Crippen molar-refractivity contribution in [2.24, 2.45) is 5.92 Å². The lowest BCUT2D eigenvalue weighted by Crippen LogP contribution is -2.45. The summed E-state index contributed by atoms with van der Waals surface area (Å²) in [4.78, 5) is 24.5. The van der Waals surface area contributed by atoms with Gasteiger partial charge in [0.1, 0.15) is 5.75 Å². The average molecular weight is 344 g/mol. The van der Waals surface area contributed by atoms with Gasteiger partial charge in [-0.15, -0.1) is 0 Å². The minimum Gasteiger partial charge on any atom is -0.508 e. The first-order valence-corrected chi connectivity index (χ1v) is 8.79. The molecule has 0 unspecified atom stereocenters. The maximum Gasteiger partial charge on any atom is 0.338 e. The van der Waals surface area contributed by atoms with Crippen LogP contribution >= 0.6 is 0 Å². The Bertz CT molecular complexity index is 675. The minimum atomic E-state index is -0.590. The molecule has 1 atom stereocenters. The van der Waals surface area contributed by atoms with E-state index in [4.69, 9.17) is 4.74 Å². The fraction of sp³-hybridized carbons (Fsp3) is 0.474. The molecule has 6 heteroatoms. The summed E-state index contributed by atoms with van der Waals surface area (Å²) < 4.78 is 5.56. The topological polar surface area (TPSA) is 87.7 Å². The van der Waals surface area contributed by atoms with Gasteiger partial charge in [0, 0.05) is 5.70 Å². The second-order valence-corrected chi connectivity index (χ2v) is 6.76. The number of hydrogen-bond acceptors (Lipinski definition) is 4. The van der Waals surface area contributed by atoms with Crippen LogP contribution in [-0.2, 0) is 9.53 Å². The fourth-order valence-electron chi connectivity index (χ4n) is 3.51. The van der Waals surface area contributed by atoms with Crippen molar-refractivity contribution in [3.63, 3.8) is 0 Å². The van der Waals surface area contributed by atoms with Crippen LogP contribution in [0, 0.1) is 5.92 Å². The number of phenols is 1. The zero-order valence-electron chi connectivity index (χ0n) is 14.4. The molecule has 0 bridgehead atoms. The van der Waals surface area contributed by atoms with Crippen molar-refractivity contribution in [2.45, 2.75) is 45.1 Å². The van der Waals surface area contributed by atoms with Gasteiger partial charge in [-0.3, -0.25) is 0 Å². The third kappa shape index (κ3) is 4.13. The van der Waals surface area contributed by atoms with Crippen molar-refractivity contribution in [1.82, 2.24) is 10.6 Å². The van der Waals surface area contributed by atoms with E-state index in [9.17, 15) is 14.7 Å². The highest BCUT2D eigenvalue weighted by Crippen LogP contribution is 2.29. The van der Waals surface area contributed by atoms with Gasteiger partial charge in [-0.25, -0.2) is 9.59 Å². The third-order valence-corrected chi connectivity index (χ3v) is 4.89. The summed E-state index contributed by atoms with van der Waals surface area (Å²) in [7, 11) is 0. The van der Waals surface area contributed by atoms with Crippen molar-refractivity contribution in [3.8, 4) is 5.75 Å². The molecule has 25 heavy (non-hydrogen) atoms. The molecule has 0 aromatic heterocycles. The van der Waals surface area contributed by atoms with E-state index in [0.29, 0.717) is 23.8 Å². The number of rotatable bonds is 4. The lowest BCUT2D eigenvalue weighted by molar-refractivity contribution is -0.141. The predicted molar refractivity (Wildman–Crippen MR) is 92.7 cm³/mol. The number of urea groups is 1. The predicted octanol–water partition coefficient (Wildman–Crippen LogP) is 3.14. The zero-order chi connectivity index (χ0) is 17.8. The lowest BCUT2D eigenvalue weighted by atomic mass is 9.90. The summed E-state index contributed by atoms with van der Waals surface area (Å²) in [5.74, 6) is 0.150. The molecule has 0 saturated heterocycles. The van der Waals surface area contributed by atoms with Gasteiger partial charge in [0.2, 0.25) is 0 Å². The number of carbonyl (C=O) groups is 2. The monoisotopic (exact) mass is 344 g/mol. The van der Waals surface area contributed by atoms with Crippen LogP contribution in [0.25, 0.3) is 0 Å². The van der Waals surface area contributed by atoms with Crippen LogP contribution in [0.15, 0.2) is 35.5 Å². The second kappa shape index (κ2) is 7.59. The van der Waals surface area contributed by atoms with Crippen LogP contribution in [-0.4, -0.2) is 23.7 Å². The number of phenolic OH excluding ortho intramolecular Hbond substituents is 1. The normalized spacial score (nSPS) is 21.5. The molecule has 3 rings (SSSR count). The Morgan fingerprint density at radius 1 is 1.20 bits per heavy atom. The molecule has 1 fully saturated rings. The van der Waals surface area contributed by atoms with Crippen molar-refractivity contribution < 1.29 is 19.4 Å². The van der Waals surface area contributed by atoms with E-state index in [0.717, 1.165) is 18.4 Å². The molecule has 1 aromatic carbocycles. The Labute approximate surface area is 147 Å². The van der Waals surface area contributed by atoms with E-state index in [2.05, 4.69) is 10.6 Å². The van der Waals surface area contributed by atoms with Crippen molar-refractivity contribution in [1.29, 1.82) is 0 Å². The largest absolute Gasteiger partial charge is 0.508 e. The number of nitrogens with one attached hydrogen (secondary N) is 2. The van der Waals surface area contributed by atoms with E-state index in [1.54, 1.807) is 19.1 Å². The Morgan fingerprint density at radius 3 is 2.56 bits per heavy atom. The molecule has 6 nitrogen and oxygen atoms in total. The molecular formula is C19H24N2O4. The molecule has 1 aromatic rings. The molecule has 3 N–H and O–H groups in total. The van der Waals surface area contributed by atoms with E-state index < -0.39 is 12.0 Å². The van der Waals surface area contributed by atoms with Crippen LogP contribution in [0.4, 0.5) is 4.79 Å². The molecular weight excluding hydrogens is 320 g/mol. The molecule has 2 amide bonds. The molecule has 0 spiro atoms. The van der Waals surface area contributed by atoms with Crippen molar-refractivity contribution in [2.75, 3.05) is 6.61 Å². The Balaban J connectivity index is 1.76. The van der Waals surface area contributed by atoms with Crippen molar-refractivity contribution in [3.05, 3.63) is 41.1 Å². The summed E-state index contributed by atoms with van der Waals surface area (Å²) >= 11 is 0. The van der Waals surface area contributed by atoms with Gasteiger partial charge in [0.15, 0.2) is 0 Å². The lowest BCUT2D eigenvalue weighted by Gasteiger charge is -2.29. The SMILES string of the molecule is CC1=C(C(=O)OCC2CCCCC2)[C@H](c2ccc(O)cc2)NC(=O)N1. The van der Waals surface area contributed by atoms with Crippen molar-refractivity contribution >= 4 is 12.0 Å². The highest BCUT2D eigenvalue weighted by molar-refractivity contribution is 5.95. The Kier molecular flexibility index (Phi) is 5.26. The molecule has 1 aliphatic carbocycles. The standard InChI is InChI=1S/C19H24N2O4/c1-12-16(18(23)25-11-13-5-3-2-4-6-13)17(21-19(24)20-12)14-7-9-15(22)10-8-14/h7-10,13,17,22H,2-6,11H2,1H3,(H2,20,21,24)/t17-/m0/s1. The summed E-state index contributed by atoms with van der Waals surface area (Å²) in [5, 5.41) is 14.9. The van der Waals surface area contributed by atoms with Gasteiger partial charge < -0.3 is 20.5 Å². The van der Waals surface area contributed by atoms with Crippen LogP contribution in [0.5, 0.6) is 5.75 Å². The summed E-state index contributed by atoms with van der Waals surface area (Å²) in [5.41, 5.74) is 1.62. The van der Waals surface area contributed by atoms with Crippen LogP contribution in [0.3, 0.4) is 0 Å². The number of esters is 1. The number of carbonyl (C=O) groups excluding carboxylic acids is 2. The van der Waals surface area contributed by atoms with Gasteiger partial charge in [-0.05, 0) is 43.4 Å². The molecule has 1 saturated carbocycles. The summed E-state index contributed by atoms with van der Waals surface area (Å²) in [6.45, 7) is 2.12. The van der Waals surface area contributed by atoms with Gasteiger partial charge in [0.25, 0.3) is 0 Å². The second-order valence-electron chi connectivity index (χ2n) is 6.76. The van der Waals surface area contributed by atoms with E-state index >= 15 is 0 Å². The molecule has 1 aliphatic heterocycles. The number of benzene rings is 1. The smallest absolute Gasteiger partial charge is 0.338 e. The number of allylic oxidation sites excluding steroid dienone is 1. The number of hydrogen-bond donors (Lipinski definition) is 3. The van der Waals surface area contributed by atoms with E-state index in [1.165, 1.54) is 31.4 Å². The van der Waals surface area contributed by atoms with Gasteiger partial charge >= 0.3 is 12.0 Å². The van der Waals surface area contributed by atoms with Gasteiger partial charge in [-0.2, -0.15) is 0 Å². The molecule has 0 radical (unpaired) electrons. The molecule has 1 heterocycles. The highest BCUT2D eigenvalue weighted by Gasteiger charge is 2.32. The number of ether oxygens (including phenoxy) is 1. The number of amides is 2. The maximum atomic E-state index is 12.7. The average Bonchev–Trinajstić information content (AvgIpc) is 2.60. The Morgan fingerprint density at radius 2 is 1.88 bits per heavy atom. The fourth-order valence-corrected chi connectivity index (χ4v) is 3.51. The zero-order valence-corrected chi connectivity index (χ0v) is 14.4. The van der Waals surface area contributed by atoms with Crippen LogP contribution in [0.1, 0.15) is 50.6 Å². The van der Waals surface area contributed by atoms with Gasteiger partial charge in [-0.1, -0.05) is 31.4 Å². The van der Waals surface area contributed by atoms with E-state index in [1.807, 2.05) is 0 Å². The molecule has 2 aliphatic rings. The van der Waals surface area contributed by atoms with Crippen LogP contribution in [0.2, 0.25) is 0 Å². The Hall–Kier alpha value is -2.50. The third-order valence-electron chi connectivity index (χ3n) is 4.89.